The van der Waals surface area contributed by atoms with E-state index in [4.69, 9.17) is 16.6 Å². The van der Waals surface area contributed by atoms with Gasteiger partial charge in [0.2, 0.25) is 0 Å². The number of pyridine rings is 1. The number of aryl methyl sites for hydroxylation is 1. The Kier molecular flexibility index (Phi) is 4.85. The van der Waals surface area contributed by atoms with Gasteiger partial charge in [0.25, 0.3) is 5.56 Å². The molecule has 1 aliphatic rings. The quantitative estimate of drug-likeness (QED) is 0.499. The fraction of sp³-hybridized carbons (Fsp3) is 0.208. The van der Waals surface area contributed by atoms with Crippen molar-refractivity contribution in [3.8, 4) is 11.4 Å². The third-order valence-electron chi connectivity index (χ3n) is 5.66. The third-order valence-corrected chi connectivity index (χ3v) is 5.99. The molecule has 0 aliphatic carbocycles. The zero-order valence-electron chi connectivity index (χ0n) is 16.7. The number of hydrogen-bond acceptors (Lipinski definition) is 4. The number of benzene rings is 2. The monoisotopic (exact) mass is 416 g/mol. The molecule has 0 atom stereocenters. The first-order valence-electron chi connectivity index (χ1n) is 10.0. The lowest BCUT2D eigenvalue weighted by Gasteiger charge is -2.28. The summed E-state index contributed by atoms with van der Waals surface area (Å²) in [7, 11) is 0. The second kappa shape index (κ2) is 7.67. The minimum absolute atomic E-state index is 0.0677. The Bertz CT molecular complexity index is 1300. The van der Waals surface area contributed by atoms with E-state index in [2.05, 4.69) is 27.0 Å². The second-order valence-electron chi connectivity index (χ2n) is 7.75. The maximum atomic E-state index is 12.8. The highest BCUT2D eigenvalue weighted by Gasteiger charge is 2.22. The minimum Gasteiger partial charge on any atom is -0.306 e. The molecule has 6 heteroatoms. The first kappa shape index (κ1) is 19.0. The van der Waals surface area contributed by atoms with Gasteiger partial charge in [0.05, 0.1) is 16.8 Å². The number of halogens is 1. The molecule has 0 fully saturated rings. The average Bonchev–Trinajstić information content (AvgIpc) is 2.76. The molecule has 0 saturated carbocycles. The van der Waals surface area contributed by atoms with Crippen LogP contribution in [0.5, 0.6) is 0 Å². The molecule has 5 nitrogen and oxygen atoms in total. The van der Waals surface area contributed by atoms with Gasteiger partial charge in [0.1, 0.15) is 11.0 Å². The summed E-state index contributed by atoms with van der Waals surface area (Å²) in [5.41, 5.74) is 5.49. The van der Waals surface area contributed by atoms with Gasteiger partial charge < -0.3 is 4.98 Å². The van der Waals surface area contributed by atoms with Crippen molar-refractivity contribution in [3.05, 3.63) is 92.5 Å². The lowest BCUT2D eigenvalue weighted by atomic mass is 10.0. The Balaban J connectivity index is 1.42. The predicted octanol–water partition coefficient (Wildman–Crippen LogP) is 4.51. The molecule has 3 heterocycles. The van der Waals surface area contributed by atoms with Crippen LogP contribution in [0, 0.1) is 6.92 Å². The van der Waals surface area contributed by atoms with E-state index >= 15 is 0 Å². The molecular weight excluding hydrogens is 396 g/mol. The molecular formula is C24H21ClN4O. The number of hydrogen-bond donors (Lipinski definition) is 1. The van der Waals surface area contributed by atoms with Crippen molar-refractivity contribution in [2.45, 2.75) is 26.4 Å². The molecule has 4 aromatic rings. The number of nitrogens with zero attached hydrogens (tertiary/aromatic N) is 3. The summed E-state index contributed by atoms with van der Waals surface area (Å²) in [5, 5.41) is 1.60. The molecule has 30 heavy (non-hydrogen) atoms. The number of para-hydroxylation sites is 1. The zero-order chi connectivity index (χ0) is 20.7. The van der Waals surface area contributed by atoms with Gasteiger partial charge in [-0.15, -0.1) is 0 Å². The van der Waals surface area contributed by atoms with Gasteiger partial charge in [-0.3, -0.25) is 9.69 Å². The van der Waals surface area contributed by atoms with Crippen LogP contribution in [0.4, 0.5) is 0 Å². The summed E-state index contributed by atoms with van der Waals surface area (Å²) in [5.74, 6) is 0.630. The molecule has 1 aliphatic heterocycles. The molecule has 0 amide bonds. The largest absolute Gasteiger partial charge is 0.306 e. The fourth-order valence-electron chi connectivity index (χ4n) is 4.07. The van der Waals surface area contributed by atoms with E-state index in [0.29, 0.717) is 24.1 Å². The number of H-pyrrole nitrogens is 1. The molecule has 0 spiro atoms. The van der Waals surface area contributed by atoms with E-state index in [9.17, 15) is 4.79 Å². The van der Waals surface area contributed by atoms with E-state index in [-0.39, 0.29) is 5.56 Å². The zero-order valence-corrected chi connectivity index (χ0v) is 17.4. The first-order chi connectivity index (χ1) is 14.6. The number of aromatic amines is 1. The standard InChI is InChI=1S/C24H21ClN4O/c1-15-6-5-9-17-12-18(22(25)27-21(15)17)13-29-11-10-20-19(14-29)24(30)28-23(26-20)16-7-3-2-4-8-16/h2-9,12H,10-11,13-14H2,1H3,(H,26,28,30). The van der Waals surface area contributed by atoms with Gasteiger partial charge in [-0.05, 0) is 18.6 Å². The summed E-state index contributed by atoms with van der Waals surface area (Å²) in [6.07, 6.45) is 0.733. The average molecular weight is 417 g/mol. The van der Waals surface area contributed by atoms with Crippen molar-refractivity contribution >= 4 is 22.5 Å². The van der Waals surface area contributed by atoms with Gasteiger partial charge in [0.15, 0.2) is 0 Å². The Hall–Kier alpha value is -3.02. The fourth-order valence-corrected chi connectivity index (χ4v) is 4.27. The van der Waals surface area contributed by atoms with Crippen molar-refractivity contribution < 1.29 is 0 Å². The highest BCUT2D eigenvalue weighted by Crippen LogP contribution is 2.26. The summed E-state index contributed by atoms with van der Waals surface area (Å²) in [6, 6.07) is 18.0. The van der Waals surface area contributed by atoms with Crippen LogP contribution in [0.1, 0.15) is 22.4 Å². The van der Waals surface area contributed by atoms with Crippen LogP contribution in [0.15, 0.2) is 59.4 Å². The van der Waals surface area contributed by atoms with Crippen LogP contribution in [-0.2, 0) is 19.5 Å². The van der Waals surface area contributed by atoms with Gasteiger partial charge in [-0.2, -0.15) is 0 Å². The third kappa shape index (κ3) is 3.51. The predicted molar refractivity (Wildman–Crippen MR) is 120 cm³/mol. The molecule has 2 aromatic heterocycles. The summed E-state index contributed by atoms with van der Waals surface area (Å²) >= 11 is 6.50. The van der Waals surface area contributed by atoms with Crippen LogP contribution in [0.3, 0.4) is 0 Å². The summed E-state index contributed by atoms with van der Waals surface area (Å²) in [4.78, 5) is 27.3. The van der Waals surface area contributed by atoms with Crippen molar-refractivity contribution in [1.82, 2.24) is 19.9 Å². The Morgan fingerprint density at radius 3 is 2.77 bits per heavy atom. The topological polar surface area (TPSA) is 61.9 Å². The minimum atomic E-state index is -0.0677. The molecule has 150 valence electrons. The van der Waals surface area contributed by atoms with E-state index < -0.39 is 0 Å². The van der Waals surface area contributed by atoms with Crippen molar-refractivity contribution in [2.75, 3.05) is 6.54 Å². The molecule has 0 radical (unpaired) electrons. The highest BCUT2D eigenvalue weighted by atomic mass is 35.5. The Morgan fingerprint density at radius 1 is 1.10 bits per heavy atom. The normalized spacial score (nSPS) is 14.1. The molecule has 0 unspecified atom stereocenters. The summed E-state index contributed by atoms with van der Waals surface area (Å²) < 4.78 is 0. The second-order valence-corrected chi connectivity index (χ2v) is 8.11. The van der Waals surface area contributed by atoms with Crippen LogP contribution in [0.2, 0.25) is 5.15 Å². The highest BCUT2D eigenvalue weighted by molar-refractivity contribution is 6.30. The van der Waals surface area contributed by atoms with E-state index in [1.165, 1.54) is 0 Å². The van der Waals surface area contributed by atoms with Crippen LogP contribution in [-0.4, -0.2) is 26.4 Å². The lowest BCUT2D eigenvalue weighted by Crippen LogP contribution is -2.35. The van der Waals surface area contributed by atoms with Crippen molar-refractivity contribution in [1.29, 1.82) is 0 Å². The lowest BCUT2D eigenvalue weighted by molar-refractivity contribution is 0.242. The maximum absolute atomic E-state index is 12.8. The van der Waals surface area contributed by atoms with Crippen molar-refractivity contribution in [2.24, 2.45) is 0 Å². The number of rotatable bonds is 3. The van der Waals surface area contributed by atoms with Gasteiger partial charge >= 0.3 is 0 Å². The SMILES string of the molecule is Cc1cccc2cc(CN3CCc4nc(-c5ccccc5)[nH]c(=O)c4C3)c(Cl)nc12. The van der Waals surface area contributed by atoms with Crippen LogP contribution in [0.25, 0.3) is 22.3 Å². The first-order valence-corrected chi connectivity index (χ1v) is 10.4. The van der Waals surface area contributed by atoms with Gasteiger partial charge in [0, 0.05) is 42.6 Å². The van der Waals surface area contributed by atoms with Gasteiger partial charge in [-0.25, -0.2) is 9.97 Å². The number of aromatic nitrogens is 3. The summed E-state index contributed by atoms with van der Waals surface area (Å²) in [6.45, 7) is 4.06. The molecule has 1 N–H and O–H groups in total. The Labute approximate surface area is 179 Å². The molecule has 0 bridgehead atoms. The van der Waals surface area contributed by atoms with E-state index in [1.807, 2.05) is 49.4 Å². The van der Waals surface area contributed by atoms with Crippen LogP contribution < -0.4 is 5.56 Å². The van der Waals surface area contributed by atoms with E-state index in [1.54, 1.807) is 0 Å². The molecule has 5 rings (SSSR count). The number of fused-ring (bicyclic) bond motifs is 2. The van der Waals surface area contributed by atoms with E-state index in [0.717, 1.165) is 51.8 Å². The number of nitrogens with one attached hydrogen (secondary N) is 1. The Morgan fingerprint density at radius 2 is 1.93 bits per heavy atom. The van der Waals surface area contributed by atoms with Gasteiger partial charge in [-0.1, -0.05) is 60.1 Å². The maximum Gasteiger partial charge on any atom is 0.255 e. The molecule has 0 saturated heterocycles. The molecule has 2 aromatic carbocycles. The smallest absolute Gasteiger partial charge is 0.255 e. The van der Waals surface area contributed by atoms with Crippen molar-refractivity contribution in [3.63, 3.8) is 0 Å². The van der Waals surface area contributed by atoms with Crippen LogP contribution >= 0.6 is 11.6 Å².